The molecule has 1 saturated heterocycles. The first-order valence-corrected chi connectivity index (χ1v) is 11.7. The molecular weight excluding hydrogens is 418 g/mol. The number of sulfonamides is 1. The molecule has 152 valence electrons. The maximum Gasteiger partial charge on any atom is 0.240 e. The number of aliphatic imine (C=N–C) groups is 1. The van der Waals surface area contributed by atoms with Crippen molar-refractivity contribution in [2.75, 3.05) is 51.2 Å². The van der Waals surface area contributed by atoms with Crippen molar-refractivity contribution in [3.8, 4) is 0 Å². The Balaban J connectivity index is 1.45. The summed E-state index contributed by atoms with van der Waals surface area (Å²) in [5.74, 6) is 0.785. The lowest BCUT2D eigenvalue weighted by molar-refractivity contribution is 0.374. The summed E-state index contributed by atoms with van der Waals surface area (Å²) in [4.78, 5) is 9.04. The Labute approximate surface area is 175 Å². The van der Waals surface area contributed by atoms with Crippen LogP contribution in [0.2, 0.25) is 5.02 Å². The second-order valence-corrected chi connectivity index (χ2v) is 9.38. The smallest absolute Gasteiger partial charge is 0.240 e. The van der Waals surface area contributed by atoms with Crippen molar-refractivity contribution in [2.45, 2.75) is 4.90 Å². The lowest BCUT2D eigenvalue weighted by atomic mass is 10.3. The number of guanidine groups is 1. The number of nitrogens with zero attached hydrogens (tertiary/aromatic N) is 3. The number of nitrogens with one attached hydrogen (secondary N) is 2. The van der Waals surface area contributed by atoms with Crippen molar-refractivity contribution in [3.05, 3.63) is 46.8 Å². The van der Waals surface area contributed by atoms with E-state index < -0.39 is 10.0 Å². The highest BCUT2D eigenvalue weighted by atomic mass is 35.5. The van der Waals surface area contributed by atoms with Crippen LogP contribution in [-0.4, -0.2) is 65.6 Å². The van der Waals surface area contributed by atoms with Gasteiger partial charge in [0.2, 0.25) is 10.0 Å². The fraction of sp³-hybridized carbons (Fsp3) is 0.389. The summed E-state index contributed by atoms with van der Waals surface area (Å²) in [5.41, 5.74) is 0. The normalized spacial score (nSPS) is 15.7. The summed E-state index contributed by atoms with van der Waals surface area (Å²) in [5, 5.41) is 7.00. The largest absolute Gasteiger partial charge is 0.360 e. The first kappa shape index (κ1) is 20.9. The van der Waals surface area contributed by atoms with E-state index in [0.717, 1.165) is 32.1 Å². The van der Waals surface area contributed by atoms with E-state index in [1.165, 1.54) is 17.1 Å². The molecule has 10 heteroatoms. The molecule has 1 fully saturated rings. The Hall–Kier alpha value is -1.81. The van der Waals surface area contributed by atoms with Crippen LogP contribution in [0.4, 0.5) is 5.00 Å². The Morgan fingerprint density at radius 2 is 1.96 bits per heavy atom. The van der Waals surface area contributed by atoms with E-state index in [1.807, 2.05) is 0 Å². The van der Waals surface area contributed by atoms with E-state index in [0.29, 0.717) is 11.6 Å². The number of halogens is 1. The quantitative estimate of drug-likeness (QED) is 0.407. The highest BCUT2D eigenvalue weighted by molar-refractivity contribution is 7.89. The fourth-order valence-electron chi connectivity index (χ4n) is 3.00. The van der Waals surface area contributed by atoms with Crippen LogP contribution in [-0.2, 0) is 10.0 Å². The van der Waals surface area contributed by atoms with Gasteiger partial charge in [-0.1, -0.05) is 17.7 Å². The molecular formula is C18H24ClN5O2S2. The maximum absolute atomic E-state index is 12.3. The van der Waals surface area contributed by atoms with Crippen molar-refractivity contribution in [1.82, 2.24) is 14.9 Å². The van der Waals surface area contributed by atoms with Gasteiger partial charge in [0, 0.05) is 51.3 Å². The van der Waals surface area contributed by atoms with Crippen molar-refractivity contribution in [1.29, 1.82) is 0 Å². The fourth-order valence-corrected chi connectivity index (χ4v) is 5.12. The van der Waals surface area contributed by atoms with Crippen LogP contribution in [0.3, 0.4) is 0 Å². The molecule has 0 saturated carbocycles. The lowest BCUT2D eigenvalue weighted by Crippen LogP contribution is -2.53. The third kappa shape index (κ3) is 5.38. The summed E-state index contributed by atoms with van der Waals surface area (Å²) in [6, 6.07) is 10.4. The van der Waals surface area contributed by atoms with Crippen molar-refractivity contribution < 1.29 is 8.42 Å². The Morgan fingerprint density at radius 3 is 2.61 bits per heavy atom. The van der Waals surface area contributed by atoms with Gasteiger partial charge in [-0.3, -0.25) is 4.99 Å². The summed E-state index contributed by atoms with van der Waals surface area (Å²) in [7, 11) is -1.84. The van der Waals surface area contributed by atoms with Crippen LogP contribution < -0.4 is 14.9 Å². The first-order valence-electron chi connectivity index (χ1n) is 8.99. The van der Waals surface area contributed by atoms with Gasteiger partial charge in [0.1, 0.15) is 0 Å². The molecule has 0 radical (unpaired) electrons. The van der Waals surface area contributed by atoms with Crippen molar-refractivity contribution >= 4 is 43.9 Å². The van der Waals surface area contributed by atoms with E-state index in [4.69, 9.17) is 11.6 Å². The van der Waals surface area contributed by atoms with E-state index in [2.05, 4.69) is 42.3 Å². The summed E-state index contributed by atoms with van der Waals surface area (Å²) in [6.07, 6.45) is 0. The monoisotopic (exact) mass is 441 g/mol. The highest BCUT2D eigenvalue weighted by Gasteiger charge is 2.20. The van der Waals surface area contributed by atoms with Crippen LogP contribution in [0.5, 0.6) is 0 Å². The highest BCUT2D eigenvalue weighted by Crippen LogP contribution is 2.22. The second kappa shape index (κ2) is 9.60. The summed E-state index contributed by atoms with van der Waals surface area (Å²) in [6.45, 7) is 4.30. The number of hydrogen-bond donors (Lipinski definition) is 2. The van der Waals surface area contributed by atoms with Gasteiger partial charge in [0.25, 0.3) is 0 Å². The lowest BCUT2D eigenvalue weighted by Gasteiger charge is -2.37. The van der Waals surface area contributed by atoms with E-state index in [9.17, 15) is 8.42 Å². The molecule has 0 atom stereocenters. The van der Waals surface area contributed by atoms with Gasteiger partial charge in [-0.25, -0.2) is 13.1 Å². The molecule has 1 aromatic carbocycles. The first-order chi connectivity index (χ1) is 13.5. The molecule has 28 heavy (non-hydrogen) atoms. The van der Waals surface area contributed by atoms with Crippen LogP contribution in [0.15, 0.2) is 51.7 Å². The van der Waals surface area contributed by atoms with Gasteiger partial charge in [0.15, 0.2) is 5.96 Å². The molecule has 7 nitrogen and oxygen atoms in total. The topological polar surface area (TPSA) is 77.0 Å². The van der Waals surface area contributed by atoms with Crippen LogP contribution in [0.25, 0.3) is 0 Å². The van der Waals surface area contributed by atoms with Crippen LogP contribution >= 0.6 is 22.9 Å². The minimum atomic E-state index is -3.58. The van der Waals surface area contributed by atoms with Crippen molar-refractivity contribution in [2.24, 2.45) is 4.99 Å². The van der Waals surface area contributed by atoms with Gasteiger partial charge in [0.05, 0.1) is 9.90 Å². The van der Waals surface area contributed by atoms with Gasteiger partial charge in [-0.05, 0) is 35.7 Å². The average Bonchev–Trinajstić information content (AvgIpc) is 3.23. The Morgan fingerprint density at radius 1 is 1.18 bits per heavy atom. The molecule has 0 aliphatic carbocycles. The van der Waals surface area contributed by atoms with Gasteiger partial charge < -0.3 is 15.1 Å². The zero-order chi connectivity index (χ0) is 20.0. The molecule has 2 N–H and O–H groups in total. The van der Waals surface area contributed by atoms with Crippen molar-refractivity contribution in [3.63, 3.8) is 0 Å². The number of hydrogen-bond acceptors (Lipinski definition) is 5. The second-order valence-electron chi connectivity index (χ2n) is 6.25. The molecule has 1 aliphatic heterocycles. The number of anilines is 1. The van der Waals surface area contributed by atoms with E-state index >= 15 is 0 Å². The third-order valence-corrected chi connectivity index (χ3v) is 7.04. The number of piperazine rings is 1. The molecule has 0 unspecified atom stereocenters. The van der Waals surface area contributed by atoms with Gasteiger partial charge in [-0.2, -0.15) is 0 Å². The molecule has 0 bridgehead atoms. The molecule has 3 rings (SSSR count). The number of thiophene rings is 1. The Kier molecular flexibility index (Phi) is 7.17. The molecule has 2 heterocycles. The SMILES string of the molecule is CN=C(NCCNS(=O)(=O)c1cccc(Cl)c1)N1CCN(c2cccs2)CC1. The van der Waals surface area contributed by atoms with Crippen LogP contribution in [0, 0.1) is 0 Å². The van der Waals surface area contributed by atoms with Gasteiger partial charge in [-0.15, -0.1) is 11.3 Å². The van der Waals surface area contributed by atoms with E-state index in [1.54, 1.807) is 30.5 Å². The summed E-state index contributed by atoms with van der Waals surface area (Å²) < 4.78 is 27.2. The molecule has 1 aliphatic rings. The van der Waals surface area contributed by atoms with Crippen LogP contribution in [0.1, 0.15) is 0 Å². The molecule has 0 amide bonds. The zero-order valence-electron chi connectivity index (χ0n) is 15.6. The minimum Gasteiger partial charge on any atom is -0.360 e. The van der Waals surface area contributed by atoms with Gasteiger partial charge >= 0.3 is 0 Å². The standard InChI is InChI=1S/C18H24ClN5O2S2/c1-20-18(24-11-9-23(10-12-24)17-6-3-13-27-17)21-7-8-22-28(25,26)16-5-2-4-15(19)14-16/h2-6,13-14,22H,7-12H2,1H3,(H,20,21). The third-order valence-electron chi connectivity index (χ3n) is 4.42. The summed E-state index contributed by atoms with van der Waals surface area (Å²) >= 11 is 7.62. The molecule has 2 aromatic rings. The predicted octanol–water partition coefficient (Wildman–Crippen LogP) is 2.08. The number of benzene rings is 1. The number of rotatable bonds is 6. The predicted molar refractivity (Wildman–Crippen MR) is 116 cm³/mol. The minimum absolute atomic E-state index is 0.161. The van der Waals surface area contributed by atoms with E-state index in [-0.39, 0.29) is 11.4 Å². The molecule has 1 aromatic heterocycles. The zero-order valence-corrected chi connectivity index (χ0v) is 18.0. The molecule has 0 spiro atoms. The maximum atomic E-state index is 12.3. The average molecular weight is 442 g/mol. The Bertz CT molecular complexity index is 894.